The van der Waals surface area contributed by atoms with Crippen LogP contribution in [0.4, 0.5) is 4.39 Å². The van der Waals surface area contributed by atoms with Crippen LogP contribution in [-0.4, -0.2) is 21.2 Å². The fourth-order valence-corrected chi connectivity index (χ4v) is 1.96. The maximum Gasteiger partial charge on any atom is 0.267 e. The van der Waals surface area contributed by atoms with Crippen LogP contribution in [0, 0.1) is 15.9 Å². The van der Waals surface area contributed by atoms with Crippen LogP contribution in [0.1, 0.15) is 5.56 Å². The van der Waals surface area contributed by atoms with E-state index in [9.17, 15) is 19.6 Å². The summed E-state index contributed by atoms with van der Waals surface area (Å²) in [6.45, 7) is -0.0799. The molecule has 1 aliphatic carbocycles. The zero-order valence-electron chi connectivity index (χ0n) is 10.2. The molecular weight excluding hydrogens is 289 g/mol. The van der Waals surface area contributed by atoms with Gasteiger partial charge in [-0.3, -0.25) is 10.1 Å². The first-order chi connectivity index (χ1) is 9.40. The van der Waals surface area contributed by atoms with Gasteiger partial charge in [-0.2, -0.15) is 0 Å². The van der Waals surface area contributed by atoms with Crippen LogP contribution >= 0.6 is 11.6 Å². The molecule has 20 heavy (non-hydrogen) atoms. The van der Waals surface area contributed by atoms with Crippen molar-refractivity contribution >= 4 is 11.6 Å². The predicted octanol–water partition coefficient (Wildman–Crippen LogP) is 2.37. The Hall–Kier alpha value is -1.76. The van der Waals surface area contributed by atoms with Crippen LogP contribution in [0.25, 0.3) is 0 Å². The van der Waals surface area contributed by atoms with Crippen molar-refractivity contribution < 1.29 is 19.2 Å². The molecule has 2 atom stereocenters. The number of benzene rings is 1. The van der Waals surface area contributed by atoms with Gasteiger partial charge in [-0.25, -0.2) is 4.39 Å². The van der Waals surface area contributed by atoms with Gasteiger partial charge < -0.3 is 9.84 Å². The molecule has 0 fully saturated rings. The lowest BCUT2D eigenvalue weighted by Crippen LogP contribution is -2.40. The number of ether oxygens (including phenoxy) is 1. The molecule has 1 aromatic carbocycles. The van der Waals surface area contributed by atoms with E-state index in [0.29, 0.717) is 5.56 Å². The second kappa shape index (κ2) is 5.70. The van der Waals surface area contributed by atoms with E-state index in [1.54, 1.807) is 6.07 Å². The minimum Gasteiger partial charge on any atom is -0.361 e. The number of hydrogen-bond acceptors (Lipinski definition) is 4. The monoisotopic (exact) mass is 299 g/mol. The van der Waals surface area contributed by atoms with Gasteiger partial charge in [0, 0.05) is 12.2 Å². The van der Waals surface area contributed by atoms with Crippen molar-refractivity contribution in [1.82, 2.24) is 0 Å². The molecule has 0 aliphatic heterocycles. The van der Waals surface area contributed by atoms with E-state index in [-0.39, 0.29) is 12.3 Å². The maximum absolute atomic E-state index is 13.0. The Morgan fingerprint density at radius 2 is 2.30 bits per heavy atom. The zero-order chi connectivity index (χ0) is 14.8. The highest BCUT2D eigenvalue weighted by molar-refractivity contribution is 6.22. The van der Waals surface area contributed by atoms with Gasteiger partial charge in [-0.05, 0) is 23.8 Å². The number of aliphatic hydroxyl groups is 1. The highest BCUT2D eigenvalue weighted by atomic mass is 35.5. The summed E-state index contributed by atoms with van der Waals surface area (Å²) in [6, 6.07) is 5.69. The number of rotatable bonds is 4. The summed E-state index contributed by atoms with van der Waals surface area (Å²) < 4.78 is 18.3. The molecule has 0 bridgehead atoms. The third kappa shape index (κ3) is 3.22. The normalized spacial score (nSPS) is 25.4. The van der Waals surface area contributed by atoms with Crippen LogP contribution in [0.3, 0.4) is 0 Å². The van der Waals surface area contributed by atoms with Crippen molar-refractivity contribution in [1.29, 1.82) is 0 Å². The summed E-state index contributed by atoms with van der Waals surface area (Å²) in [7, 11) is 0. The Balaban J connectivity index is 2.06. The third-order valence-corrected chi connectivity index (χ3v) is 3.21. The lowest BCUT2D eigenvalue weighted by molar-refractivity contribution is -0.420. The molecule has 1 N–H and O–H groups in total. The molecule has 0 amide bonds. The van der Waals surface area contributed by atoms with Crippen LogP contribution in [0.2, 0.25) is 0 Å². The van der Waals surface area contributed by atoms with E-state index in [1.165, 1.54) is 18.2 Å². The van der Waals surface area contributed by atoms with Crippen molar-refractivity contribution in [2.75, 3.05) is 0 Å². The zero-order valence-corrected chi connectivity index (χ0v) is 11.0. The summed E-state index contributed by atoms with van der Waals surface area (Å²) in [5, 5.41) is 19.6. The molecule has 0 saturated heterocycles. The molecule has 5 nitrogen and oxygen atoms in total. The van der Waals surface area contributed by atoms with E-state index in [2.05, 4.69) is 0 Å². The number of halogens is 2. The van der Waals surface area contributed by atoms with Gasteiger partial charge in [0.1, 0.15) is 11.2 Å². The Bertz CT molecular complexity index is 589. The van der Waals surface area contributed by atoms with E-state index in [1.807, 2.05) is 0 Å². The second-order valence-electron chi connectivity index (χ2n) is 4.25. The molecule has 0 spiro atoms. The molecule has 1 aromatic rings. The van der Waals surface area contributed by atoms with E-state index >= 15 is 0 Å². The van der Waals surface area contributed by atoms with E-state index in [0.717, 1.165) is 18.2 Å². The molecule has 0 radical (unpaired) electrons. The van der Waals surface area contributed by atoms with Crippen molar-refractivity contribution in [3.05, 3.63) is 69.7 Å². The first-order valence-corrected chi connectivity index (χ1v) is 6.15. The predicted molar refractivity (Wildman–Crippen MR) is 70.0 cm³/mol. The molecule has 0 aromatic heterocycles. The summed E-state index contributed by atoms with van der Waals surface area (Å²) in [5.41, 5.74) is 0.295. The minimum atomic E-state index is -1.87. The maximum atomic E-state index is 13.0. The molecule has 2 unspecified atom stereocenters. The fraction of sp³-hybridized carbons (Fsp3) is 0.231. The van der Waals surface area contributed by atoms with Crippen LogP contribution in [-0.2, 0) is 11.3 Å². The Morgan fingerprint density at radius 1 is 1.55 bits per heavy atom. The van der Waals surface area contributed by atoms with Gasteiger partial charge in [0.2, 0.25) is 5.79 Å². The first-order valence-electron chi connectivity index (χ1n) is 5.71. The van der Waals surface area contributed by atoms with Gasteiger partial charge in [-0.1, -0.05) is 12.1 Å². The van der Waals surface area contributed by atoms with E-state index < -0.39 is 21.9 Å². The SMILES string of the molecule is O=[N+]([O-])C1=CC(Cl)C(O)(OCc2cccc(F)c2)C=C1. The Labute approximate surface area is 119 Å². The standard InChI is InChI=1S/C13H11ClFNO4/c14-12-7-11(16(18)19)4-5-13(12,17)20-8-9-2-1-3-10(15)6-9/h1-7,12,17H,8H2. The highest BCUT2D eigenvalue weighted by Gasteiger charge is 2.37. The van der Waals surface area contributed by atoms with Gasteiger partial charge in [-0.15, -0.1) is 11.6 Å². The summed E-state index contributed by atoms with van der Waals surface area (Å²) >= 11 is 5.88. The highest BCUT2D eigenvalue weighted by Crippen LogP contribution is 2.28. The number of nitrogens with zero attached hydrogens (tertiary/aromatic N) is 1. The van der Waals surface area contributed by atoms with Gasteiger partial charge in [0.15, 0.2) is 0 Å². The molecule has 0 saturated carbocycles. The number of nitro groups is 1. The molecule has 0 heterocycles. The summed E-state index contributed by atoms with van der Waals surface area (Å²) in [6.07, 6.45) is 3.32. The average Bonchev–Trinajstić information content (AvgIpc) is 2.40. The molecular formula is C13H11ClFNO4. The topological polar surface area (TPSA) is 72.6 Å². The van der Waals surface area contributed by atoms with Crippen LogP contribution in [0.5, 0.6) is 0 Å². The van der Waals surface area contributed by atoms with Crippen molar-refractivity contribution in [3.63, 3.8) is 0 Å². The molecule has 7 heteroatoms. The quantitative estimate of drug-likeness (QED) is 0.401. The summed E-state index contributed by atoms with van der Waals surface area (Å²) in [4.78, 5) is 9.98. The molecule has 2 rings (SSSR count). The Kier molecular flexibility index (Phi) is 4.17. The number of alkyl halides is 1. The van der Waals surface area contributed by atoms with Gasteiger partial charge >= 0.3 is 0 Å². The van der Waals surface area contributed by atoms with Crippen LogP contribution < -0.4 is 0 Å². The van der Waals surface area contributed by atoms with E-state index in [4.69, 9.17) is 16.3 Å². The van der Waals surface area contributed by atoms with Crippen LogP contribution in [0.15, 0.2) is 48.2 Å². The molecule has 106 valence electrons. The smallest absolute Gasteiger partial charge is 0.267 e. The average molecular weight is 300 g/mol. The molecule has 1 aliphatic rings. The van der Waals surface area contributed by atoms with Crippen molar-refractivity contribution in [2.45, 2.75) is 17.8 Å². The largest absolute Gasteiger partial charge is 0.361 e. The third-order valence-electron chi connectivity index (χ3n) is 2.78. The van der Waals surface area contributed by atoms with Gasteiger partial charge in [0.25, 0.3) is 5.70 Å². The number of hydrogen-bond donors (Lipinski definition) is 1. The first kappa shape index (κ1) is 14.6. The second-order valence-corrected chi connectivity index (χ2v) is 4.72. The minimum absolute atomic E-state index is 0.0799. The number of allylic oxidation sites excluding steroid dienone is 1. The lowest BCUT2D eigenvalue weighted by atomic mass is 10.1. The lowest BCUT2D eigenvalue weighted by Gasteiger charge is -2.29. The fourth-order valence-electron chi connectivity index (χ4n) is 1.70. The van der Waals surface area contributed by atoms with Crippen molar-refractivity contribution in [2.24, 2.45) is 0 Å². The summed E-state index contributed by atoms with van der Waals surface area (Å²) in [5.74, 6) is -2.29. The van der Waals surface area contributed by atoms with Gasteiger partial charge in [0.05, 0.1) is 11.5 Å². The Morgan fingerprint density at radius 3 is 2.90 bits per heavy atom. The van der Waals surface area contributed by atoms with Crippen molar-refractivity contribution in [3.8, 4) is 0 Å².